The molecule has 116 valence electrons. The Morgan fingerprint density at radius 3 is 2.50 bits per heavy atom. The maximum Gasteiger partial charge on any atom is 0.243 e. The van der Waals surface area contributed by atoms with Gasteiger partial charge in [-0.1, -0.05) is 12.1 Å². The van der Waals surface area contributed by atoms with Gasteiger partial charge in [-0.25, -0.2) is 8.42 Å². The third-order valence-corrected chi connectivity index (χ3v) is 5.70. The van der Waals surface area contributed by atoms with Gasteiger partial charge in [0.05, 0.1) is 18.0 Å². The number of hydrogen-bond donors (Lipinski definition) is 0. The smallest absolute Gasteiger partial charge is 0.243 e. The van der Waals surface area contributed by atoms with E-state index >= 15 is 0 Å². The van der Waals surface area contributed by atoms with E-state index in [1.165, 1.54) is 4.31 Å². The summed E-state index contributed by atoms with van der Waals surface area (Å²) < 4.78 is 32.5. The molecular formula is C16H18N2O3S. The van der Waals surface area contributed by atoms with E-state index in [0.717, 1.165) is 11.1 Å². The van der Waals surface area contributed by atoms with E-state index in [2.05, 4.69) is 4.98 Å². The third-order valence-electron chi connectivity index (χ3n) is 3.73. The molecule has 3 rings (SSSR count). The Balaban J connectivity index is 1.70. The fraction of sp³-hybridized carbons (Fsp3) is 0.312. The van der Waals surface area contributed by atoms with Gasteiger partial charge in [0, 0.05) is 12.4 Å². The summed E-state index contributed by atoms with van der Waals surface area (Å²) in [6, 6.07) is 9.01. The molecule has 22 heavy (non-hydrogen) atoms. The molecule has 1 aliphatic heterocycles. The monoisotopic (exact) mass is 318 g/mol. The maximum absolute atomic E-state index is 12.6. The van der Waals surface area contributed by atoms with Crippen LogP contribution in [0.3, 0.4) is 0 Å². The number of pyridine rings is 1. The molecule has 1 aliphatic rings. The molecule has 1 saturated heterocycles. The van der Waals surface area contributed by atoms with Crippen molar-refractivity contribution in [2.24, 2.45) is 0 Å². The molecular weight excluding hydrogens is 300 g/mol. The topological polar surface area (TPSA) is 59.5 Å². The molecule has 0 N–H and O–H groups in total. The molecule has 0 aliphatic carbocycles. The van der Waals surface area contributed by atoms with Gasteiger partial charge in [-0.05, 0) is 43.2 Å². The highest BCUT2D eigenvalue weighted by Crippen LogP contribution is 2.27. The molecule has 1 fully saturated rings. The number of aryl methyl sites for hydroxylation is 2. The summed E-state index contributed by atoms with van der Waals surface area (Å²) in [4.78, 5) is 4.31. The number of sulfonamides is 1. The van der Waals surface area contributed by atoms with Crippen LogP contribution in [0, 0.1) is 13.8 Å². The normalized spacial score (nSPS) is 16.3. The lowest BCUT2D eigenvalue weighted by Gasteiger charge is -2.38. The predicted molar refractivity (Wildman–Crippen MR) is 83.3 cm³/mol. The average molecular weight is 318 g/mol. The van der Waals surface area contributed by atoms with Crippen LogP contribution in [0.2, 0.25) is 0 Å². The number of nitrogens with zero attached hydrogens (tertiary/aromatic N) is 2. The first-order valence-corrected chi connectivity index (χ1v) is 8.55. The number of ether oxygens (including phenoxy) is 1. The molecule has 0 atom stereocenters. The molecule has 0 radical (unpaired) electrons. The lowest BCUT2D eigenvalue weighted by Crippen LogP contribution is -2.56. The fourth-order valence-electron chi connectivity index (χ4n) is 2.41. The van der Waals surface area contributed by atoms with E-state index in [9.17, 15) is 8.42 Å². The Labute approximate surface area is 130 Å². The van der Waals surface area contributed by atoms with Crippen LogP contribution in [0.1, 0.15) is 11.1 Å². The molecule has 0 amide bonds. The second-order valence-electron chi connectivity index (χ2n) is 5.51. The van der Waals surface area contributed by atoms with Gasteiger partial charge >= 0.3 is 0 Å². The van der Waals surface area contributed by atoms with E-state index in [-0.39, 0.29) is 6.10 Å². The number of benzene rings is 1. The van der Waals surface area contributed by atoms with Gasteiger partial charge in [-0.3, -0.25) is 4.98 Å². The van der Waals surface area contributed by atoms with Crippen molar-refractivity contribution < 1.29 is 13.2 Å². The molecule has 1 aromatic heterocycles. The van der Waals surface area contributed by atoms with Gasteiger partial charge in [0.25, 0.3) is 0 Å². The van der Waals surface area contributed by atoms with Gasteiger partial charge in [-0.2, -0.15) is 4.31 Å². The predicted octanol–water partition coefficient (Wildman–Crippen LogP) is 2.15. The SMILES string of the molecule is Cc1ccc(C)c(S(=O)(=O)N2CC(Oc3ccncc3)C2)c1. The molecule has 0 bridgehead atoms. The minimum Gasteiger partial charge on any atom is -0.488 e. The number of hydrogen-bond acceptors (Lipinski definition) is 4. The standard InChI is InChI=1S/C16H18N2O3S/c1-12-3-4-13(2)16(9-12)22(19,20)18-10-15(11-18)21-14-5-7-17-8-6-14/h3-9,15H,10-11H2,1-2H3. The zero-order valence-corrected chi connectivity index (χ0v) is 13.4. The van der Waals surface area contributed by atoms with Crippen molar-refractivity contribution in [2.75, 3.05) is 13.1 Å². The summed E-state index contributed by atoms with van der Waals surface area (Å²) in [5.41, 5.74) is 1.71. The van der Waals surface area contributed by atoms with Crippen molar-refractivity contribution >= 4 is 10.0 Å². The lowest BCUT2D eigenvalue weighted by atomic mass is 10.2. The Morgan fingerprint density at radius 1 is 1.14 bits per heavy atom. The zero-order valence-electron chi connectivity index (χ0n) is 12.6. The van der Waals surface area contributed by atoms with Crippen molar-refractivity contribution in [3.05, 3.63) is 53.9 Å². The van der Waals surface area contributed by atoms with Crippen LogP contribution in [0.15, 0.2) is 47.6 Å². The summed E-state index contributed by atoms with van der Waals surface area (Å²) in [5, 5.41) is 0. The Bertz CT molecular complexity index is 769. The van der Waals surface area contributed by atoms with Gasteiger partial charge in [0.2, 0.25) is 10.0 Å². The minimum atomic E-state index is -3.44. The fourth-order valence-corrected chi connectivity index (χ4v) is 4.22. The Morgan fingerprint density at radius 2 is 1.82 bits per heavy atom. The van der Waals surface area contributed by atoms with E-state index in [1.807, 2.05) is 26.0 Å². The largest absolute Gasteiger partial charge is 0.488 e. The Hall–Kier alpha value is -1.92. The zero-order chi connectivity index (χ0) is 15.7. The van der Waals surface area contributed by atoms with Crippen LogP contribution in [0.5, 0.6) is 5.75 Å². The van der Waals surface area contributed by atoms with Crippen molar-refractivity contribution in [2.45, 2.75) is 24.8 Å². The molecule has 0 spiro atoms. The highest BCUT2D eigenvalue weighted by atomic mass is 32.2. The van der Waals surface area contributed by atoms with Gasteiger partial charge in [0.15, 0.2) is 0 Å². The van der Waals surface area contributed by atoms with Gasteiger partial charge < -0.3 is 4.74 Å². The summed E-state index contributed by atoms with van der Waals surface area (Å²) in [6.45, 7) is 4.46. The van der Waals surface area contributed by atoms with Crippen molar-refractivity contribution in [1.82, 2.24) is 9.29 Å². The quantitative estimate of drug-likeness (QED) is 0.867. The maximum atomic E-state index is 12.6. The van der Waals surface area contributed by atoms with E-state index in [4.69, 9.17) is 4.74 Å². The first-order valence-electron chi connectivity index (χ1n) is 7.11. The summed E-state index contributed by atoms with van der Waals surface area (Å²) in [7, 11) is -3.44. The minimum absolute atomic E-state index is 0.109. The first kappa shape index (κ1) is 15.0. The number of rotatable bonds is 4. The summed E-state index contributed by atoms with van der Waals surface area (Å²) >= 11 is 0. The van der Waals surface area contributed by atoms with Gasteiger partial charge in [0.1, 0.15) is 11.9 Å². The second-order valence-corrected chi connectivity index (χ2v) is 7.42. The summed E-state index contributed by atoms with van der Waals surface area (Å²) in [6.07, 6.45) is 3.19. The van der Waals surface area contributed by atoms with E-state index in [1.54, 1.807) is 30.6 Å². The molecule has 6 heteroatoms. The van der Waals surface area contributed by atoms with Gasteiger partial charge in [-0.15, -0.1) is 0 Å². The molecule has 5 nitrogen and oxygen atoms in total. The molecule has 2 aromatic rings. The van der Waals surface area contributed by atoms with Crippen molar-refractivity contribution in [3.8, 4) is 5.75 Å². The van der Waals surface area contributed by atoms with E-state index in [0.29, 0.717) is 23.7 Å². The molecule has 0 unspecified atom stereocenters. The van der Waals surface area contributed by atoms with Crippen LogP contribution in [-0.2, 0) is 10.0 Å². The van der Waals surface area contributed by atoms with E-state index < -0.39 is 10.0 Å². The number of aromatic nitrogens is 1. The molecule has 2 heterocycles. The van der Waals surface area contributed by atoms with Crippen molar-refractivity contribution in [1.29, 1.82) is 0 Å². The van der Waals surface area contributed by atoms with Crippen LogP contribution < -0.4 is 4.74 Å². The van der Waals surface area contributed by atoms with Crippen LogP contribution in [-0.4, -0.2) is 36.9 Å². The molecule has 0 saturated carbocycles. The van der Waals surface area contributed by atoms with Crippen molar-refractivity contribution in [3.63, 3.8) is 0 Å². The van der Waals surface area contributed by atoms with Crippen LogP contribution >= 0.6 is 0 Å². The first-order chi connectivity index (χ1) is 10.5. The third kappa shape index (κ3) is 2.84. The summed E-state index contributed by atoms with van der Waals surface area (Å²) in [5.74, 6) is 0.712. The highest BCUT2D eigenvalue weighted by Gasteiger charge is 2.38. The lowest BCUT2D eigenvalue weighted by molar-refractivity contribution is 0.0761. The molecule has 1 aromatic carbocycles. The van der Waals surface area contributed by atoms with Crippen LogP contribution in [0.4, 0.5) is 0 Å². The second kappa shape index (κ2) is 5.70. The highest BCUT2D eigenvalue weighted by molar-refractivity contribution is 7.89. The average Bonchev–Trinajstić information content (AvgIpc) is 2.45. The van der Waals surface area contributed by atoms with Crippen LogP contribution in [0.25, 0.3) is 0 Å². The Kier molecular flexibility index (Phi) is 3.88.